The summed E-state index contributed by atoms with van der Waals surface area (Å²) in [5.41, 5.74) is 1.43. The Labute approximate surface area is 116 Å². The van der Waals surface area contributed by atoms with Gasteiger partial charge in [-0.3, -0.25) is 4.90 Å². The van der Waals surface area contributed by atoms with E-state index in [0.717, 1.165) is 32.1 Å². The highest BCUT2D eigenvalue weighted by atomic mass is 16.5. The largest absolute Gasteiger partial charge is 0.481 e. The van der Waals surface area contributed by atoms with E-state index in [2.05, 4.69) is 42.0 Å². The van der Waals surface area contributed by atoms with Gasteiger partial charge >= 0.3 is 0 Å². The van der Waals surface area contributed by atoms with Gasteiger partial charge in [0, 0.05) is 44.0 Å². The molecule has 0 aromatic carbocycles. The maximum absolute atomic E-state index is 5.35. The molecule has 19 heavy (non-hydrogen) atoms. The first-order chi connectivity index (χ1) is 9.02. The van der Waals surface area contributed by atoms with Crippen molar-refractivity contribution >= 4 is 0 Å². The molecule has 0 saturated carbocycles. The summed E-state index contributed by atoms with van der Waals surface area (Å²) in [6, 6.07) is 4.62. The minimum Gasteiger partial charge on any atom is -0.481 e. The van der Waals surface area contributed by atoms with Gasteiger partial charge in [0.15, 0.2) is 0 Å². The summed E-state index contributed by atoms with van der Waals surface area (Å²) < 4.78 is 5.35. The molecule has 0 aliphatic carbocycles. The van der Waals surface area contributed by atoms with Crippen molar-refractivity contribution in [2.24, 2.45) is 5.41 Å². The number of nitrogens with one attached hydrogen (secondary N) is 1. The van der Waals surface area contributed by atoms with Gasteiger partial charge in [0.25, 0.3) is 0 Å². The summed E-state index contributed by atoms with van der Waals surface area (Å²) in [4.78, 5) is 6.82. The number of hydrogen-bond donors (Lipinski definition) is 1. The second kappa shape index (κ2) is 5.88. The maximum atomic E-state index is 5.35. The van der Waals surface area contributed by atoms with E-state index in [1.807, 2.05) is 6.07 Å². The summed E-state index contributed by atoms with van der Waals surface area (Å²) >= 11 is 0. The van der Waals surface area contributed by atoms with Crippen LogP contribution in [0.4, 0.5) is 0 Å². The van der Waals surface area contributed by atoms with Gasteiger partial charge in [-0.05, 0) is 11.5 Å². The van der Waals surface area contributed by atoms with E-state index in [4.69, 9.17) is 4.74 Å². The number of piperazine rings is 1. The molecule has 4 nitrogen and oxygen atoms in total. The summed E-state index contributed by atoms with van der Waals surface area (Å²) in [5.74, 6) is 0.744. The van der Waals surface area contributed by atoms with E-state index in [0.29, 0.717) is 6.04 Å². The highest BCUT2D eigenvalue weighted by Gasteiger charge is 2.32. The highest BCUT2D eigenvalue weighted by molar-refractivity contribution is 5.25. The summed E-state index contributed by atoms with van der Waals surface area (Å²) in [6.07, 6.45) is 1.78. The van der Waals surface area contributed by atoms with Crippen LogP contribution in [0.1, 0.15) is 26.3 Å². The molecule has 2 rings (SSSR count). The Morgan fingerprint density at radius 2 is 2.26 bits per heavy atom. The minimum absolute atomic E-state index is 0.267. The number of nitrogens with zero attached hydrogens (tertiary/aromatic N) is 2. The molecule has 1 fully saturated rings. The molecule has 2 heterocycles. The molecule has 1 saturated heterocycles. The molecule has 1 aliphatic rings. The number of rotatable bonds is 3. The van der Waals surface area contributed by atoms with Gasteiger partial charge in [-0.2, -0.15) is 0 Å². The Morgan fingerprint density at radius 3 is 2.95 bits per heavy atom. The fourth-order valence-corrected chi connectivity index (χ4v) is 2.74. The SMILES string of the molecule is COc1ncccc1CN1CCNCC1C(C)(C)C. The molecule has 1 aliphatic heterocycles. The molecule has 106 valence electrons. The Balaban J connectivity index is 2.15. The quantitative estimate of drug-likeness (QED) is 0.904. The van der Waals surface area contributed by atoms with Crippen LogP contribution in [0.3, 0.4) is 0 Å². The molecule has 0 spiro atoms. The standard InChI is InChI=1S/C15H25N3O/c1-15(2,3)13-10-16-8-9-18(13)11-12-6-5-7-17-14(12)19-4/h5-7,13,16H,8-11H2,1-4H3. The van der Waals surface area contributed by atoms with Crippen molar-refractivity contribution in [2.75, 3.05) is 26.7 Å². The third-order valence-corrected chi connectivity index (χ3v) is 3.77. The predicted molar refractivity (Wildman–Crippen MR) is 77.3 cm³/mol. The Kier molecular flexibility index (Phi) is 4.42. The molecule has 0 bridgehead atoms. The molecular weight excluding hydrogens is 238 g/mol. The molecule has 1 atom stereocenters. The predicted octanol–water partition coefficient (Wildman–Crippen LogP) is 1.91. The van der Waals surface area contributed by atoms with Crippen LogP contribution in [0.2, 0.25) is 0 Å². The molecular formula is C15H25N3O. The van der Waals surface area contributed by atoms with Gasteiger partial charge in [-0.25, -0.2) is 4.98 Å². The van der Waals surface area contributed by atoms with Gasteiger partial charge < -0.3 is 10.1 Å². The van der Waals surface area contributed by atoms with Gasteiger partial charge in [-0.15, -0.1) is 0 Å². The molecule has 1 aromatic rings. The van der Waals surface area contributed by atoms with Crippen molar-refractivity contribution < 1.29 is 4.74 Å². The first-order valence-electron chi connectivity index (χ1n) is 6.95. The lowest BCUT2D eigenvalue weighted by atomic mass is 9.84. The third-order valence-electron chi connectivity index (χ3n) is 3.77. The number of methoxy groups -OCH3 is 1. The smallest absolute Gasteiger partial charge is 0.217 e. The average molecular weight is 263 g/mol. The van der Waals surface area contributed by atoms with E-state index >= 15 is 0 Å². The molecule has 1 unspecified atom stereocenters. The Bertz CT molecular complexity index is 414. The molecule has 1 aromatic heterocycles. The molecule has 1 N–H and O–H groups in total. The number of ether oxygens (including phenoxy) is 1. The van der Waals surface area contributed by atoms with Crippen molar-refractivity contribution in [2.45, 2.75) is 33.4 Å². The fourth-order valence-electron chi connectivity index (χ4n) is 2.74. The summed E-state index contributed by atoms with van der Waals surface area (Å²) in [7, 11) is 1.69. The molecule has 0 amide bonds. The topological polar surface area (TPSA) is 37.4 Å². The van der Waals surface area contributed by atoms with E-state index in [9.17, 15) is 0 Å². The van der Waals surface area contributed by atoms with Crippen LogP contribution < -0.4 is 10.1 Å². The normalized spacial score (nSPS) is 21.4. The Hall–Kier alpha value is -1.13. The zero-order valence-corrected chi connectivity index (χ0v) is 12.4. The van der Waals surface area contributed by atoms with Gasteiger partial charge in [-0.1, -0.05) is 26.8 Å². The average Bonchev–Trinajstić information content (AvgIpc) is 2.39. The van der Waals surface area contributed by atoms with Gasteiger partial charge in [0.1, 0.15) is 0 Å². The zero-order valence-electron chi connectivity index (χ0n) is 12.4. The minimum atomic E-state index is 0.267. The van der Waals surface area contributed by atoms with E-state index in [1.54, 1.807) is 13.3 Å². The number of aromatic nitrogens is 1. The Morgan fingerprint density at radius 1 is 1.47 bits per heavy atom. The zero-order chi connectivity index (χ0) is 13.9. The lowest BCUT2D eigenvalue weighted by Crippen LogP contribution is -2.56. The second-order valence-corrected chi connectivity index (χ2v) is 6.23. The van der Waals surface area contributed by atoms with Crippen LogP contribution in [0.15, 0.2) is 18.3 Å². The van der Waals surface area contributed by atoms with E-state index < -0.39 is 0 Å². The lowest BCUT2D eigenvalue weighted by Gasteiger charge is -2.43. The molecule has 4 heteroatoms. The van der Waals surface area contributed by atoms with Crippen LogP contribution in [0.25, 0.3) is 0 Å². The second-order valence-electron chi connectivity index (χ2n) is 6.23. The summed E-state index contributed by atoms with van der Waals surface area (Å²) in [6.45, 7) is 11.0. The van der Waals surface area contributed by atoms with Crippen molar-refractivity contribution in [1.29, 1.82) is 0 Å². The van der Waals surface area contributed by atoms with Crippen molar-refractivity contribution in [3.8, 4) is 5.88 Å². The van der Waals surface area contributed by atoms with Gasteiger partial charge in [0.2, 0.25) is 5.88 Å². The van der Waals surface area contributed by atoms with E-state index in [-0.39, 0.29) is 5.41 Å². The van der Waals surface area contributed by atoms with Crippen LogP contribution >= 0.6 is 0 Å². The van der Waals surface area contributed by atoms with Crippen LogP contribution in [-0.4, -0.2) is 42.7 Å². The monoisotopic (exact) mass is 263 g/mol. The van der Waals surface area contributed by atoms with Crippen LogP contribution in [-0.2, 0) is 6.54 Å². The van der Waals surface area contributed by atoms with Crippen molar-refractivity contribution in [3.63, 3.8) is 0 Å². The maximum Gasteiger partial charge on any atom is 0.217 e. The van der Waals surface area contributed by atoms with Crippen LogP contribution in [0.5, 0.6) is 5.88 Å². The highest BCUT2D eigenvalue weighted by Crippen LogP contribution is 2.28. The number of pyridine rings is 1. The molecule has 0 radical (unpaired) electrons. The van der Waals surface area contributed by atoms with Gasteiger partial charge in [0.05, 0.1) is 7.11 Å². The summed E-state index contributed by atoms with van der Waals surface area (Å²) in [5, 5.41) is 3.50. The third kappa shape index (κ3) is 3.45. The first kappa shape index (κ1) is 14.3. The fraction of sp³-hybridized carbons (Fsp3) is 0.667. The lowest BCUT2D eigenvalue weighted by molar-refractivity contribution is 0.0681. The van der Waals surface area contributed by atoms with Crippen molar-refractivity contribution in [1.82, 2.24) is 15.2 Å². The van der Waals surface area contributed by atoms with E-state index in [1.165, 1.54) is 5.56 Å². The first-order valence-corrected chi connectivity index (χ1v) is 6.95. The number of hydrogen-bond acceptors (Lipinski definition) is 4. The van der Waals surface area contributed by atoms with Crippen molar-refractivity contribution in [3.05, 3.63) is 23.9 Å². The van der Waals surface area contributed by atoms with Crippen LogP contribution in [0, 0.1) is 5.41 Å².